The topological polar surface area (TPSA) is 74.0 Å². The van der Waals surface area contributed by atoms with Crippen LogP contribution in [0.3, 0.4) is 0 Å². The van der Waals surface area contributed by atoms with E-state index >= 15 is 0 Å². The summed E-state index contributed by atoms with van der Waals surface area (Å²) >= 11 is 8.04. The number of hydrazone groups is 1. The molecule has 1 heterocycles. The maximum Gasteiger partial charge on any atom is 0.255 e. The van der Waals surface area contributed by atoms with Gasteiger partial charge in [0.2, 0.25) is 0 Å². The van der Waals surface area contributed by atoms with Gasteiger partial charge in [-0.2, -0.15) is 5.10 Å². The lowest BCUT2D eigenvalue weighted by Crippen LogP contribution is -2.59. The van der Waals surface area contributed by atoms with Gasteiger partial charge in [-0.05, 0) is 60.2 Å². The zero-order valence-electron chi connectivity index (χ0n) is 17.0. The lowest BCUT2D eigenvalue weighted by Gasteiger charge is -2.45. The number of benzene rings is 2. The first-order valence-electron chi connectivity index (χ1n) is 9.58. The van der Waals surface area contributed by atoms with Gasteiger partial charge in [-0.1, -0.05) is 12.1 Å². The number of hydrogen-bond donors (Lipinski definition) is 2. The van der Waals surface area contributed by atoms with Crippen LogP contribution in [-0.4, -0.2) is 47.3 Å². The van der Waals surface area contributed by atoms with E-state index in [-0.39, 0.29) is 34.4 Å². The second kappa shape index (κ2) is 9.69. The molecule has 0 aliphatic carbocycles. The van der Waals surface area contributed by atoms with Crippen molar-refractivity contribution in [3.63, 3.8) is 0 Å². The summed E-state index contributed by atoms with van der Waals surface area (Å²) in [7, 11) is 0. The molecule has 1 aliphatic rings. The van der Waals surface area contributed by atoms with Gasteiger partial charge in [-0.25, -0.2) is 8.78 Å². The molecule has 0 aromatic heterocycles. The molecule has 2 aromatic carbocycles. The minimum atomic E-state index is -0.628. The van der Waals surface area contributed by atoms with Crippen LogP contribution in [0.2, 0.25) is 0 Å². The van der Waals surface area contributed by atoms with Crippen molar-refractivity contribution in [1.82, 2.24) is 10.3 Å². The molecule has 0 radical (unpaired) electrons. The predicted molar refractivity (Wildman–Crippen MR) is 125 cm³/mol. The third-order valence-corrected chi connectivity index (χ3v) is 5.83. The van der Waals surface area contributed by atoms with E-state index < -0.39 is 11.6 Å². The van der Waals surface area contributed by atoms with Gasteiger partial charge in [0.05, 0.1) is 17.5 Å². The number of hydrogen-bond acceptors (Lipinski definition) is 4. The first-order valence-corrected chi connectivity index (χ1v) is 10.8. The summed E-state index contributed by atoms with van der Waals surface area (Å²) < 4.78 is 30.0. The lowest BCUT2D eigenvalue weighted by molar-refractivity contribution is 0.0573. The first kappa shape index (κ1) is 23.1. The molecule has 1 amide bonds. The SMILES string of the molecule is C[C@@H]1CN(c2cc(F)c(/C=N/NC(N)=S)cc2F)C[C@H](C)N1C(=O)c1ccccc1Br. The molecule has 1 saturated heterocycles. The third kappa shape index (κ3) is 5.19. The molecule has 0 saturated carbocycles. The summed E-state index contributed by atoms with van der Waals surface area (Å²) in [5, 5.41) is 3.59. The smallest absolute Gasteiger partial charge is 0.255 e. The van der Waals surface area contributed by atoms with Crippen LogP contribution in [0.1, 0.15) is 29.8 Å². The van der Waals surface area contributed by atoms with Gasteiger partial charge >= 0.3 is 0 Å². The van der Waals surface area contributed by atoms with Crippen molar-refractivity contribution in [3.8, 4) is 0 Å². The number of piperazine rings is 1. The van der Waals surface area contributed by atoms with Gasteiger partial charge in [-0.15, -0.1) is 0 Å². The molecule has 164 valence electrons. The average molecular weight is 510 g/mol. The number of carbonyl (C=O) groups excluding carboxylic acids is 1. The quantitative estimate of drug-likeness (QED) is 0.374. The molecule has 1 aliphatic heterocycles. The zero-order valence-corrected chi connectivity index (χ0v) is 19.4. The van der Waals surface area contributed by atoms with E-state index in [1.807, 2.05) is 32.0 Å². The van der Waals surface area contributed by atoms with Crippen molar-refractivity contribution in [2.75, 3.05) is 18.0 Å². The number of nitrogens with zero attached hydrogens (tertiary/aromatic N) is 3. The van der Waals surface area contributed by atoms with Crippen molar-refractivity contribution in [2.24, 2.45) is 10.8 Å². The highest BCUT2D eigenvalue weighted by atomic mass is 79.9. The number of carbonyl (C=O) groups is 1. The minimum absolute atomic E-state index is 0.0335. The number of amides is 1. The van der Waals surface area contributed by atoms with E-state index in [0.29, 0.717) is 18.7 Å². The van der Waals surface area contributed by atoms with Crippen LogP contribution in [0.4, 0.5) is 14.5 Å². The second-order valence-corrected chi connectivity index (χ2v) is 8.65. The summed E-state index contributed by atoms with van der Waals surface area (Å²) in [5.41, 5.74) is 8.23. The monoisotopic (exact) mass is 509 g/mol. The maximum atomic E-state index is 14.8. The number of rotatable bonds is 4. The molecule has 2 atom stereocenters. The van der Waals surface area contributed by atoms with Crippen molar-refractivity contribution in [2.45, 2.75) is 25.9 Å². The number of anilines is 1. The van der Waals surface area contributed by atoms with Crippen LogP contribution in [0.5, 0.6) is 0 Å². The molecule has 0 bridgehead atoms. The number of nitrogens with two attached hydrogens (primary N) is 1. The van der Waals surface area contributed by atoms with Crippen LogP contribution in [-0.2, 0) is 0 Å². The molecule has 10 heteroatoms. The molecule has 31 heavy (non-hydrogen) atoms. The zero-order chi connectivity index (χ0) is 22.7. The summed E-state index contributed by atoms with van der Waals surface area (Å²) in [6, 6.07) is 9.04. The molecule has 3 rings (SSSR count). The van der Waals surface area contributed by atoms with Gasteiger partial charge in [-0.3, -0.25) is 10.2 Å². The van der Waals surface area contributed by atoms with Gasteiger partial charge in [0.15, 0.2) is 5.11 Å². The van der Waals surface area contributed by atoms with Crippen LogP contribution in [0, 0.1) is 11.6 Å². The summed E-state index contributed by atoms with van der Waals surface area (Å²) in [6.45, 7) is 4.53. The molecule has 3 N–H and O–H groups in total. The Hall–Kier alpha value is -2.59. The molecular formula is C21H22BrF2N5OS. The number of halogens is 3. The highest BCUT2D eigenvalue weighted by Crippen LogP contribution is 2.29. The van der Waals surface area contributed by atoms with Crippen molar-refractivity contribution in [3.05, 3.63) is 63.6 Å². The molecule has 0 unspecified atom stereocenters. The summed E-state index contributed by atoms with van der Waals surface area (Å²) in [5.74, 6) is -1.31. The van der Waals surface area contributed by atoms with Gasteiger partial charge < -0.3 is 15.5 Å². The Kier molecular flexibility index (Phi) is 7.22. The minimum Gasteiger partial charge on any atom is -0.375 e. The average Bonchev–Trinajstić information content (AvgIpc) is 2.69. The van der Waals surface area contributed by atoms with E-state index in [1.54, 1.807) is 15.9 Å². The summed E-state index contributed by atoms with van der Waals surface area (Å²) in [6.07, 6.45) is 1.11. The Morgan fingerprint density at radius 3 is 2.48 bits per heavy atom. The third-order valence-electron chi connectivity index (χ3n) is 5.04. The predicted octanol–water partition coefficient (Wildman–Crippen LogP) is 3.63. The van der Waals surface area contributed by atoms with Crippen molar-refractivity contribution >= 4 is 51.1 Å². The molecule has 0 spiro atoms. The normalized spacial score (nSPS) is 19.0. The first-order chi connectivity index (χ1) is 14.7. The van der Waals surface area contributed by atoms with E-state index in [0.717, 1.165) is 22.8 Å². The fourth-order valence-corrected chi connectivity index (χ4v) is 4.26. The Morgan fingerprint density at radius 1 is 1.23 bits per heavy atom. The van der Waals surface area contributed by atoms with Crippen LogP contribution in [0.25, 0.3) is 0 Å². The lowest BCUT2D eigenvalue weighted by atomic mass is 10.0. The summed E-state index contributed by atoms with van der Waals surface area (Å²) in [4.78, 5) is 16.6. The molecular weight excluding hydrogens is 488 g/mol. The largest absolute Gasteiger partial charge is 0.375 e. The van der Waals surface area contributed by atoms with Crippen LogP contribution in [0.15, 0.2) is 46.0 Å². The highest BCUT2D eigenvalue weighted by Gasteiger charge is 2.35. The Labute approximate surface area is 193 Å². The Bertz CT molecular complexity index is 1020. The second-order valence-electron chi connectivity index (χ2n) is 7.35. The van der Waals surface area contributed by atoms with Crippen LogP contribution >= 0.6 is 28.1 Å². The van der Waals surface area contributed by atoms with E-state index in [1.165, 1.54) is 0 Å². The maximum absolute atomic E-state index is 14.8. The fraction of sp³-hybridized carbons (Fsp3) is 0.286. The van der Waals surface area contributed by atoms with Crippen LogP contribution < -0.4 is 16.1 Å². The number of thiocarbonyl (C=S) groups is 1. The van der Waals surface area contributed by atoms with Gasteiger partial charge in [0.25, 0.3) is 5.91 Å². The number of nitrogens with one attached hydrogen (secondary N) is 1. The van der Waals surface area contributed by atoms with E-state index in [9.17, 15) is 13.6 Å². The van der Waals surface area contributed by atoms with E-state index in [4.69, 9.17) is 5.73 Å². The Morgan fingerprint density at radius 2 is 1.87 bits per heavy atom. The standard InChI is InChI=1S/C21H22BrF2N5OS/c1-12-10-28(11-13(2)29(12)20(30)15-5-3-4-6-16(15)22)19-8-17(23)14(7-18(19)24)9-26-27-21(25)31/h3-9,12-13H,10-11H2,1-2H3,(H3,25,27,31)/b26-9+/t12-,13+. The Balaban J connectivity index is 1.80. The highest BCUT2D eigenvalue weighted by molar-refractivity contribution is 9.10. The van der Waals surface area contributed by atoms with E-state index in [2.05, 4.69) is 38.7 Å². The van der Waals surface area contributed by atoms with Crippen molar-refractivity contribution in [1.29, 1.82) is 0 Å². The fourth-order valence-electron chi connectivity index (χ4n) is 3.75. The van der Waals surface area contributed by atoms with Gasteiger partial charge in [0.1, 0.15) is 11.6 Å². The molecule has 6 nitrogen and oxygen atoms in total. The van der Waals surface area contributed by atoms with Crippen molar-refractivity contribution < 1.29 is 13.6 Å². The molecule has 2 aromatic rings. The van der Waals surface area contributed by atoms with Gasteiger partial charge in [0, 0.05) is 41.3 Å². The molecule has 1 fully saturated rings.